The van der Waals surface area contributed by atoms with E-state index in [1.54, 1.807) is 4.90 Å². The van der Waals surface area contributed by atoms with Crippen LogP contribution in [0, 0.1) is 0 Å². The van der Waals surface area contributed by atoms with Crippen LogP contribution in [0.15, 0.2) is 94.9 Å². The van der Waals surface area contributed by atoms with Crippen molar-refractivity contribution in [2.24, 2.45) is 9.98 Å². The predicted octanol–water partition coefficient (Wildman–Crippen LogP) is 4.89. The number of hydrogen-bond acceptors (Lipinski definition) is 5. The fraction of sp³-hybridized carbons (Fsp3) is 0.214. The van der Waals surface area contributed by atoms with Crippen LogP contribution in [0.5, 0.6) is 0 Å². The van der Waals surface area contributed by atoms with Gasteiger partial charge in [-0.15, -0.1) is 0 Å². The fourth-order valence-electron chi connectivity index (χ4n) is 4.22. The Balaban J connectivity index is 1.37. The first-order valence-corrected chi connectivity index (χ1v) is 12.7. The van der Waals surface area contributed by atoms with Crippen molar-refractivity contribution in [1.82, 2.24) is 10.2 Å². The molecule has 0 radical (unpaired) electrons. The van der Waals surface area contributed by atoms with E-state index in [0.717, 1.165) is 23.2 Å². The summed E-state index contributed by atoms with van der Waals surface area (Å²) in [4.78, 5) is 37.8. The zero-order valence-corrected chi connectivity index (χ0v) is 20.2. The Hall–Kier alpha value is -3.71. The topological polar surface area (TPSA) is 74.1 Å². The lowest BCUT2D eigenvalue weighted by atomic mass is 10.1. The van der Waals surface area contributed by atoms with Crippen LogP contribution in [0.1, 0.15) is 36.1 Å². The summed E-state index contributed by atoms with van der Waals surface area (Å²) in [5.74, 6) is 0.391. The van der Waals surface area contributed by atoms with Crippen LogP contribution < -0.4 is 5.32 Å². The Morgan fingerprint density at radius 3 is 2.43 bits per heavy atom. The van der Waals surface area contributed by atoms with Crippen molar-refractivity contribution in [1.29, 1.82) is 0 Å². The van der Waals surface area contributed by atoms with Crippen molar-refractivity contribution < 1.29 is 9.59 Å². The van der Waals surface area contributed by atoms with Crippen molar-refractivity contribution in [2.75, 3.05) is 6.54 Å². The van der Waals surface area contributed by atoms with Crippen molar-refractivity contribution in [3.05, 3.63) is 102 Å². The number of fused-ring (bicyclic) bond motifs is 3. The first kappa shape index (κ1) is 23.1. The van der Waals surface area contributed by atoms with Gasteiger partial charge in [-0.25, -0.2) is 14.9 Å². The molecule has 3 aromatic rings. The van der Waals surface area contributed by atoms with E-state index in [4.69, 9.17) is 9.98 Å². The Morgan fingerprint density at radius 2 is 1.69 bits per heavy atom. The van der Waals surface area contributed by atoms with E-state index < -0.39 is 6.04 Å². The Labute approximate surface area is 209 Å². The first-order valence-electron chi connectivity index (χ1n) is 11.8. The normalized spacial score (nSPS) is 17.2. The standard InChI is InChI=1S/C28H26N4O2S/c1-2-23(26(33)29-18-17-19-11-5-3-6-12-19)35-28-30-22-16-10-9-15-21(22)25-31-24(27(34)32(25)28)20-13-7-4-8-14-20/h3-16,23-24H,2,17-18H2,1H3,(H,29,33)/t23-,24-/m1/s1. The third-order valence-corrected chi connectivity index (χ3v) is 7.37. The molecule has 0 aliphatic carbocycles. The van der Waals surface area contributed by atoms with Gasteiger partial charge in [0, 0.05) is 12.1 Å². The van der Waals surface area contributed by atoms with Crippen LogP contribution in [0.4, 0.5) is 5.69 Å². The summed E-state index contributed by atoms with van der Waals surface area (Å²) < 4.78 is 0. The molecule has 35 heavy (non-hydrogen) atoms. The number of thioether (sulfide) groups is 1. The second kappa shape index (κ2) is 10.3. The summed E-state index contributed by atoms with van der Waals surface area (Å²) in [6.45, 7) is 2.53. The number of rotatable bonds is 7. The number of carbonyl (C=O) groups excluding carboxylic acids is 2. The van der Waals surface area contributed by atoms with Gasteiger partial charge in [0.25, 0.3) is 5.91 Å². The summed E-state index contributed by atoms with van der Waals surface area (Å²) >= 11 is 1.32. The largest absolute Gasteiger partial charge is 0.355 e. The smallest absolute Gasteiger partial charge is 0.263 e. The van der Waals surface area contributed by atoms with E-state index in [0.29, 0.717) is 24.0 Å². The number of para-hydroxylation sites is 1. The number of benzene rings is 3. The summed E-state index contributed by atoms with van der Waals surface area (Å²) in [5, 5.41) is 3.17. The number of nitrogens with one attached hydrogen (secondary N) is 1. The highest BCUT2D eigenvalue weighted by atomic mass is 32.2. The summed E-state index contributed by atoms with van der Waals surface area (Å²) in [6, 6.07) is 26.7. The molecule has 0 saturated carbocycles. The molecule has 2 atom stereocenters. The third-order valence-electron chi connectivity index (χ3n) is 6.05. The molecular formula is C28H26N4O2S. The molecule has 176 valence electrons. The van der Waals surface area contributed by atoms with E-state index in [1.165, 1.54) is 17.3 Å². The molecule has 0 bridgehead atoms. The molecule has 0 fully saturated rings. The quantitative estimate of drug-likeness (QED) is 0.521. The molecule has 0 spiro atoms. The number of nitrogens with zero attached hydrogens (tertiary/aromatic N) is 3. The molecule has 2 amide bonds. The number of amidine groups is 2. The summed E-state index contributed by atoms with van der Waals surface area (Å²) in [7, 11) is 0. The van der Waals surface area contributed by atoms with Gasteiger partial charge in [-0.2, -0.15) is 0 Å². The molecule has 7 heteroatoms. The molecule has 2 heterocycles. The van der Waals surface area contributed by atoms with Crippen molar-refractivity contribution in [3.63, 3.8) is 0 Å². The summed E-state index contributed by atoms with van der Waals surface area (Å²) in [6.07, 6.45) is 1.38. The van der Waals surface area contributed by atoms with Crippen LogP contribution in [-0.2, 0) is 16.0 Å². The van der Waals surface area contributed by atoms with E-state index in [9.17, 15) is 9.59 Å². The van der Waals surface area contributed by atoms with Gasteiger partial charge in [-0.1, -0.05) is 91.5 Å². The molecule has 5 rings (SSSR count). The van der Waals surface area contributed by atoms with Crippen molar-refractivity contribution >= 4 is 40.3 Å². The summed E-state index contributed by atoms with van der Waals surface area (Å²) in [5.41, 5.74) is 3.60. The van der Waals surface area contributed by atoms with Crippen LogP contribution in [0.3, 0.4) is 0 Å². The zero-order valence-electron chi connectivity index (χ0n) is 19.4. The molecular weight excluding hydrogens is 456 g/mol. The maximum absolute atomic E-state index is 13.5. The van der Waals surface area contributed by atoms with E-state index in [2.05, 4.69) is 17.4 Å². The molecule has 0 unspecified atom stereocenters. The minimum atomic E-state index is -0.622. The average Bonchev–Trinajstić information content (AvgIpc) is 3.26. The SMILES string of the molecule is CC[C@@H](SC1=Nc2ccccc2C2=N[C@H](c3ccccc3)C(=O)N12)C(=O)NCCc1ccccc1. The van der Waals surface area contributed by atoms with Gasteiger partial charge in [0.05, 0.1) is 10.9 Å². The van der Waals surface area contributed by atoms with Gasteiger partial charge in [0.1, 0.15) is 5.84 Å². The fourth-order valence-corrected chi connectivity index (χ4v) is 5.26. The Bertz CT molecular complexity index is 1290. The minimum absolute atomic E-state index is 0.0558. The molecule has 2 aliphatic rings. The Kier molecular flexibility index (Phi) is 6.77. The van der Waals surface area contributed by atoms with Gasteiger partial charge < -0.3 is 5.32 Å². The van der Waals surface area contributed by atoms with Crippen LogP contribution in [0.2, 0.25) is 0 Å². The number of carbonyl (C=O) groups is 2. The molecule has 0 saturated heterocycles. The lowest BCUT2D eigenvalue weighted by Crippen LogP contribution is -2.42. The lowest BCUT2D eigenvalue weighted by molar-refractivity contribution is -0.125. The van der Waals surface area contributed by atoms with E-state index >= 15 is 0 Å². The number of hydrogen-bond donors (Lipinski definition) is 1. The predicted molar refractivity (Wildman–Crippen MR) is 141 cm³/mol. The highest BCUT2D eigenvalue weighted by molar-refractivity contribution is 8.15. The molecule has 6 nitrogen and oxygen atoms in total. The maximum atomic E-state index is 13.5. The second-order valence-electron chi connectivity index (χ2n) is 8.39. The van der Waals surface area contributed by atoms with Gasteiger partial charge in [0.15, 0.2) is 11.2 Å². The van der Waals surface area contributed by atoms with Crippen molar-refractivity contribution in [3.8, 4) is 0 Å². The van der Waals surface area contributed by atoms with Crippen LogP contribution >= 0.6 is 11.8 Å². The number of amides is 2. The third kappa shape index (κ3) is 4.77. The van der Waals surface area contributed by atoms with Crippen LogP contribution in [-0.4, -0.2) is 39.5 Å². The van der Waals surface area contributed by atoms with Gasteiger partial charge in [-0.3, -0.25) is 9.59 Å². The average molecular weight is 483 g/mol. The number of aliphatic imine (C=N–C) groups is 2. The second-order valence-corrected chi connectivity index (χ2v) is 9.56. The zero-order chi connectivity index (χ0) is 24.2. The van der Waals surface area contributed by atoms with E-state index in [-0.39, 0.29) is 17.1 Å². The van der Waals surface area contributed by atoms with Crippen molar-refractivity contribution in [2.45, 2.75) is 31.1 Å². The maximum Gasteiger partial charge on any atom is 0.263 e. The monoisotopic (exact) mass is 482 g/mol. The molecule has 1 N–H and O–H groups in total. The molecule has 2 aliphatic heterocycles. The molecule has 3 aromatic carbocycles. The minimum Gasteiger partial charge on any atom is -0.355 e. The lowest BCUT2D eigenvalue weighted by Gasteiger charge is -2.27. The Morgan fingerprint density at radius 1 is 1.00 bits per heavy atom. The van der Waals surface area contributed by atoms with Gasteiger partial charge >= 0.3 is 0 Å². The highest BCUT2D eigenvalue weighted by Crippen LogP contribution is 2.38. The molecule has 0 aromatic heterocycles. The van der Waals surface area contributed by atoms with E-state index in [1.807, 2.05) is 79.7 Å². The van der Waals surface area contributed by atoms with Gasteiger partial charge in [0.2, 0.25) is 5.91 Å². The highest BCUT2D eigenvalue weighted by Gasteiger charge is 2.43. The van der Waals surface area contributed by atoms with Gasteiger partial charge in [-0.05, 0) is 36.1 Å². The first-order chi connectivity index (χ1) is 17.2. The van der Waals surface area contributed by atoms with Crippen LogP contribution in [0.25, 0.3) is 0 Å².